The normalized spacial score (nSPS) is 12.6. The fourth-order valence-corrected chi connectivity index (χ4v) is 11.6. The Morgan fingerprint density at radius 3 is 0.887 bits per heavy atom. The zero-order valence-electron chi connectivity index (χ0n) is 54.3. The summed E-state index contributed by atoms with van der Waals surface area (Å²) in [6.07, 6.45) is 88.0. The Morgan fingerprint density at radius 1 is 0.338 bits per heavy atom. The molecule has 0 aromatic rings. The first-order valence-corrected chi connectivity index (χ1v) is 36.6. The van der Waals surface area contributed by atoms with Crippen LogP contribution in [0.15, 0.2) is 24.3 Å². The summed E-state index contributed by atoms with van der Waals surface area (Å²) in [5, 5.41) is 23.4. The molecule has 0 aromatic heterocycles. The fourth-order valence-electron chi connectivity index (χ4n) is 11.6. The van der Waals surface area contributed by atoms with E-state index in [-0.39, 0.29) is 18.5 Å². The summed E-state index contributed by atoms with van der Waals surface area (Å²) in [7, 11) is 0. The number of hydrogen-bond donors (Lipinski definition) is 3. The molecule has 474 valence electrons. The molecule has 0 saturated carbocycles. The maximum Gasteiger partial charge on any atom is 0.305 e. The molecular weight excluding hydrogens is 983 g/mol. The fraction of sp³-hybridized carbons (Fsp3) is 0.919. The smallest absolute Gasteiger partial charge is 0.305 e. The molecule has 2 unspecified atom stereocenters. The maximum atomic E-state index is 12.6. The van der Waals surface area contributed by atoms with E-state index in [1.165, 1.54) is 334 Å². The van der Waals surface area contributed by atoms with E-state index in [1.54, 1.807) is 0 Å². The molecule has 0 radical (unpaired) electrons. The van der Waals surface area contributed by atoms with Gasteiger partial charge in [-0.1, -0.05) is 346 Å². The third kappa shape index (κ3) is 65.5. The van der Waals surface area contributed by atoms with Gasteiger partial charge in [0.25, 0.3) is 0 Å². The average Bonchev–Trinajstić information content (AvgIpc) is 3.46. The molecule has 0 bridgehead atoms. The van der Waals surface area contributed by atoms with E-state index in [0.717, 1.165) is 44.9 Å². The van der Waals surface area contributed by atoms with Crippen LogP contribution in [-0.4, -0.2) is 47.4 Å². The van der Waals surface area contributed by atoms with E-state index in [1.807, 2.05) is 0 Å². The van der Waals surface area contributed by atoms with Gasteiger partial charge in [0.05, 0.1) is 25.4 Å². The van der Waals surface area contributed by atoms with Gasteiger partial charge in [0.15, 0.2) is 0 Å². The van der Waals surface area contributed by atoms with E-state index in [4.69, 9.17) is 4.74 Å². The van der Waals surface area contributed by atoms with Crippen LogP contribution in [0.5, 0.6) is 0 Å². The lowest BCUT2D eigenvalue weighted by Gasteiger charge is -2.22. The van der Waals surface area contributed by atoms with Gasteiger partial charge in [0.1, 0.15) is 0 Å². The number of esters is 1. The van der Waals surface area contributed by atoms with Gasteiger partial charge in [0, 0.05) is 12.8 Å². The Hall–Kier alpha value is -1.66. The van der Waals surface area contributed by atoms with E-state index in [9.17, 15) is 19.8 Å². The molecule has 0 spiro atoms. The third-order valence-corrected chi connectivity index (χ3v) is 17.2. The van der Waals surface area contributed by atoms with Crippen molar-refractivity contribution in [2.75, 3.05) is 13.2 Å². The Balaban J connectivity index is 3.38. The molecule has 0 rings (SSSR count). The molecule has 0 saturated heterocycles. The first-order chi connectivity index (χ1) is 39.5. The van der Waals surface area contributed by atoms with Crippen molar-refractivity contribution < 1.29 is 24.5 Å². The summed E-state index contributed by atoms with van der Waals surface area (Å²) in [5.41, 5.74) is 0. The lowest BCUT2D eigenvalue weighted by Crippen LogP contribution is -2.45. The zero-order valence-corrected chi connectivity index (χ0v) is 54.3. The van der Waals surface area contributed by atoms with Crippen LogP contribution in [0.2, 0.25) is 0 Å². The van der Waals surface area contributed by atoms with Crippen LogP contribution in [0.25, 0.3) is 0 Å². The van der Waals surface area contributed by atoms with E-state index in [2.05, 4.69) is 43.5 Å². The van der Waals surface area contributed by atoms with Gasteiger partial charge in [-0.05, 0) is 77.0 Å². The minimum atomic E-state index is -0.666. The number of amides is 1. The molecule has 2 atom stereocenters. The second-order valence-electron chi connectivity index (χ2n) is 25.3. The molecule has 6 heteroatoms. The summed E-state index contributed by atoms with van der Waals surface area (Å²) < 4.78 is 5.49. The number of carbonyl (C=O) groups excluding carboxylic acids is 2. The lowest BCUT2D eigenvalue weighted by molar-refractivity contribution is -0.143. The number of carbonyl (C=O) groups is 2. The van der Waals surface area contributed by atoms with Crippen LogP contribution < -0.4 is 5.32 Å². The molecule has 1 amide bonds. The summed E-state index contributed by atoms with van der Waals surface area (Å²) in [6.45, 7) is 4.98. The number of allylic oxidation sites excluding steroid dienone is 4. The summed E-state index contributed by atoms with van der Waals surface area (Å²) >= 11 is 0. The largest absolute Gasteiger partial charge is 0.466 e. The standard InChI is InChI=1S/C74H143NO5/c1-3-5-7-9-11-13-15-17-19-20-21-22-30-33-36-39-42-46-50-54-58-62-66-72(77)71(70-76)75-73(78)67-63-59-55-51-47-43-40-37-34-31-28-26-24-23-25-27-29-32-35-38-41-45-49-53-57-61-65-69-80-74(79)68-64-60-56-52-48-44-18-16-14-12-10-8-6-4-2/h16,18,23-24,71-72,76-77H,3-15,17,19-22,25-70H2,1-2H3,(H,75,78)/b18-16-,24-23-. The Morgan fingerprint density at radius 2 is 0.588 bits per heavy atom. The Labute approximate surface area is 501 Å². The number of nitrogens with one attached hydrogen (secondary N) is 1. The van der Waals surface area contributed by atoms with Crippen molar-refractivity contribution in [3.63, 3.8) is 0 Å². The predicted molar refractivity (Wildman–Crippen MR) is 352 cm³/mol. The predicted octanol–water partition coefficient (Wildman–Crippen LogP) is 23.7. The van der Waals surface area contributed by atoms with Crippen molar-refractivity contribution in [1.82, 2.24) is 5.32 Å². The number of rotatable bonds is 69. The molecule has 0 aliphatic heterocycles. The quantitative estimate of drug-likeness (QED) is 0.0320. The van der Waals surface area contributed by atoms with Gasteiger partial charge in [-0.15, -0.1) is 0 Å². The highest BCUT2D eigenvalue weighted by atomic mass is 16.5. The molecule has 6 nitrogen and oxygen atoms in total. The lowest BCUT2D eigenvalue weighted by atomic mass is 10.0. The number of aliphatic hydroxyl groups is 2. The molecule has 3 N–H and O–H groups in total. The van der Waals surface area contributed by atoms with E-state index >= 15 is 0 Å². The van der Waals surface area contributed by atoms with Gasteiger partial charge >= 0.3 is 5.97 Å². The van der Waals surface area contributed by atoms with Crippen molar-refractivity contribution in [1.29, 1.82) is 0 Å². The molecular formula is C74H143NO5. The van der Waals surface area contributed by atoms with Crippen LogP contribution in [0.4, 0.5) is 0 Å². The number of aliphatic hydroxyl groups excluding tert-OH is 2. The first-order valence-electron chi connectivity index (χ1n) is 36.6. The Kier molecular flexibility index (Phi) is 68.4. The maximum absolute atomic E-state index is 12.6. The summed E-state index contributed by atoms with van der Waals surface area (Å²) in [4.78, 5) is 24.6. The van der Waals surface area contributed by atoms with Gasteiger partial charge in [-0.3, -0.25) is 9.59 Å². The van der Waals surface area contributed by atoms with Crippen LogP contribution >= 0.6 is 0 Å². The van der Waals surface area contributed by atoms with Crippen molar-refractivity contribution in [2.45, 2.75) is 424 Å². The number of unbranched alkanes of at least 4 members (excludes halogenated alkanes) is 54. The van der Waals surface area contributed by atoms with Crippen molar-refractivity contribution in [2.24, 2.45) is 0 Å². The highest BCUT2D eigenvalue weighted by Gasteiger charge is 2.20. The molecule has 0 aromatic carbocycles. The van der Waals surface area contributed by atoms with Crippen LogP contribution in [-0.2, 0) is 14.3 Å². The number of ether oxygens (including phenoxy) is 1. The first kappa shape index (κ1) is 78.3. The van der Waals surface area contributed by atoms with Crippen LogP contribution in [0.1, 0.15) is 412 Å². The molecule has 80 heavy (non-hydrogen) atoms. The Bertz CT molecular complexity index is 1250. The van der Waals surface area contributed by atoms with Gasteiger partial charge in [-0.2, -0.15) is 0 Å². The topological polar surface area (TPSA) is 95.9 Å². The zero-order chi connectivity index (χ0) is 57.8. The van der Waals surface area contributed by atoms with Crippen molar-refractivity contribution in [3.05, 3.63) is 24.3 Å². The SMILES string of the molecule is CCCCCCC/C=C\CCCCCCCC(=O)OCCCCCCCCCCCCCC/C=C\CCCCCCCCCCCCCC(=O)NC(CO)C(O)CCCCCCCCCCCCCCCCCCCCCCCC. The molecule has 0 heterocycles. The molecule has 0 fully saturated rings. The minimum Gasteiger partial charge on any atom is -0.466 e. The summed E-state index contributed by atoms with van der Waals surface area (Å²) in [5.74, 6) is -0.0236. The molecule has 0 aliphatic carbocycles. The average molecular weight is 1130 g/mol. The highest BCUT2D eigenvalue weighted by molar-refractivity contribution is 5.76. The van der Waals surface area contributed by atoms with Gasteiger partial charge < -0.3 is 20.3 Å². The van der Waals surface area contributed by atoms with Crippen molar-refractivity contribution >= 4 is 11.9 Å². The summed E-state index contributed by atoms with van der Waals surface area (Å²) in [6, 6.07) is -0.543. The third-order valence-electron chi connectivity index (χ3n) is 17.2. The second kappa shape index (κ2) is 69.8. The van der Waals surface area contributed by atoms with Crippen molar-refractivity contribution in [3.8, 4) is 0 Å². The monoisotopic (exact) mass is 1130 g/mol. The second-order valence-corrected chi connectivity index (χ2v) is 25.3. The van der Waals surface area contributed by atoms with Gasteiger partial charge in [-0.25, -0.2) is 0 Å². The van der Waals surface area contributed by atoms with Crippen LogP contribution in [0.3, 0.4) is 0 Å². The molecule has 0 aliphatic rings. The van der Waals surface area contributed by atoms with Gasteiger partial charge in [0.2, 0.25) is 5.91 Å². The van der Waals surface area contributed by atoms with E-state index in [0.29, 0.717) is 25.9 Å². The van der Waals surface area contributed by atoms with Crippen LogP contribution in [0, 0.1) is 0 Å². The minimum absolute atomic E-state index is 0.00742. The van der Waals surface area contributed by atoms with E-state index < -0.39 is 12.1 Å². The number of hydrogen-bond acceptors (Lipinski definition) is 5. The highest BCUT2D eigenvalue weighted by Crippen LogP contribution is 2.19.